The van der Waals surface area contributed by atoms with Gasteiger partial charge in [0.1, 0.15) is 24.1 Å². The van der Waals surface area contributed by atoms with Crippen LogP contribution in [0, 0.1) is 11.3 Å². The molecule has 0 saturated heterocycles. The lowest BCUT2D eigenvalue weighted by molar-refractivity contribution is -0.140. The quantitative estimate of drug-likeness (QED) is 0.116. The third-order valence-corrected chi connectivity index (χ3v) is 8.60. The molecule has 4 rings (SSSR count). The monoisotopic (exact) mass is 603 g/mol. The molecule has 0 spiro atoms. The van der Waals surface area contributed by atoms with Crippen molar-refractivity contribution in [1.82, 2.24) is 0 Å². The number of benzene rings is 2. The van der Waals surface area contributed by atoms with Crippen LogP contribution < -0.4 is 10.5 Å². The minimum absolute atomic E-state index is 0.0439. The van der Waals surface area contributed by atoms with Crippen LogP contribution in [0.2, 0.25) is 0 Å². The van der Waals surface area contributed by atoms with Gasteiger partial charge in [-0.15, -0.1) is 11.6 Å². The maximum absolute atomic E-state index is 11.6. The Kier molecular flexibility index (Phi) is 10.8. The Morgan fingerprint density at radius 3 is 2.49 bits per heavy atom. The third-order valence-electron chi connectivity index (χ3n) is 7.87. The second-order valence-corrected chi connectivity index (χ2v) is 12.9. The summed E-state index contributed by atoms with van der Waals surface area (Å²) in [5.41, 5.74) is 7.99. The summed E-state index contributed by atoms with van der Waals surface area (Å²) in [6.45, 7) is 0.813. The number of sulfonamides is 1. The standard InChI is InChI=1S/C30H38ClN3O6S/c1-41(36,37)33-19-23-15-16-30(17-23,29(32)34-40-28(35)18-31)21-39-25-13-11-24(12-14-25)26-9-5-6-10-27(26)38-20-22-7-3-2-4-8-22/h2-10,19,23-25H,11-18,20-21H2,1H3,(H2,32,34)/t23?,24?,25?,30-/m0/s1. The summed E-state index contributed by atoms with van der Waals surface area (Å²) in [7, 11) is -3.49. The molecule has 2 N–H and O–H groups in total. The molecule has 1 unspecified atom stereocenters. The highest BCUT2D eigenvalue weighted by molar-refractivity contribution is 7.89. The summed E-state index contributed by atoms with van der Waals surface area (Å²) in [5, 5.41) is 3.86. The van der Waals surface area contributed by atoms with Gasteiger partial charge in [0.2, 0.25) is 10.0 Å². The number of oxime groups is 1. The van der Waals surface area contributed by atoms with Gasteiger partial charge in [-0.3, -0.25) is 0 Å². The highest BCUT2D eigenvalue weighted by Gasteiger charge is 2.44. The van der Waals surface area contributed by atoms with Gasteiger partial charge in [-0.25, -0.2) is 13.2 Å². The molecular formula is C30H38ClN3O6S. The van der Waals surface area contributed by atoms with Crippen LogP contribution in [-0.2, 0) is 31.0 Å². The Bertz CT molecular complexity index is 1330. The Labute approximate surface area is 247 Å². The van der Waals surface area contributed by atoms with Crippen molar-refractivity contribution in [2.45, 2.75) is 63.6 Å². The number of nitrogens with zero attached hydrogens (tertiary/aromatic N) is 2. The second-order valence-electron chi connectivity index (χ2n) is 10.9. The second kappa shape index (κ2) is 14.3. The molecule has 222 valence electrons. The van der Waals surface area contributed by atoms with Crippen LogP contribution in [0.1, 0.15) is 62.0 Å². The van der Waals surface area contributed by atoms with Crippen LogP contribution in [0.3, 0.4) is 0 Å². The van der Waals surface area contributed by atoms with E-state index in [9.17, 15) is 13.2 Å². The molecule has 2 saturated carbocycles. The van der Waals surface area contributed by atoms with Crippen LogP contribution >= 0.6 is 11.6 Å². The summed E-state index contributed by atoms with van der Waals surface area (Å²) in [6.07, 6.45) is 7.99. The largest absolute Gasteiger partial charge is 0.489 e. The van der Waals surface area contributed by atoms with Crippen LogP contribution in [0.25, 0.3) is 0 Å². The summed E-state index contributed by atoms with van der Waals surface area (Å²) in [5.74, 6) is 0.278. The number of hydrogen-bond donors (Lipinski definition) is 1. The zero-order valence-electron chi connectivity index (χ0n) is 23.3. The predicted molar refractivity (Wildman–Crippen MR) is 160 cm³/mol. The van der Waals surface area contributed by atoms with E-state index in [1.807, 2.05) is 30.3 Å². The molecule has 9 nitrogen and oxygen atoms in total. The van der Waals surface area contributed by atoms with Crippen LogP contribution in [0.4, 0.5) is 0 Å². The predicted octanol–water partition coefficient (Wildman–Crippen LogP) is 5.18. The van der Waals surface area contributed by atoms with Crippen molar-refractivity contribution >= 4 is 39.6 Å². The van der Waals surface area contributed by atoms with Crippen LogP contribution in [0.15, 0.2) is 64.2 Å². The van der Waals surface area contributed by atoms with E-state index < -0.39 is 21.4 Å². The molecular weight excluding hydrogens is 566 g/mol. The van der Waals surface area contributed by atoms with E-state index in [0.717, 1.165) is 43.3 Å². The lowest BCUT2D eigenvalue weighted by Crippen LogP contribution is -2.41. The highest BCUT2D eigenvalue weighted by Crippen LogP contribution is 2.44. The first-order chi connectivity index (χ1) is 19.7. The molecule has 2 aliphatic carbocycles. The smallest absolute Gasteiger partial charge is 0.349 e. The summed E-state index contributed by atoms with van der Waals surface area (Å²) in [4.78, 5) is 16.4. The first-order valence-electron chi connectivity index (χ1n) is 13.9. The number of rotatable bonds is 12. The first-order valence-corrected chi connectivity index (χ1v) is 16.3. The van der Waals surface area contributed by atoms with Crippen molar-refractivity contribution in [3.63, 3.8) is 0 Å². The molecule has 11 heteroatoms. The lowest BCUT2D eigenvalue weighted by Gasteiger charge is -2.34. The van der Waals surface area contributed by atoms with Crippen LogP contribution in [-0.4, -0.2) is 51.3 Å². The van der Waals surface area contributed by atoms with Gasteiger partial charge in [-0.1, -0.05) is 53.7 Å². The van der Waals surface area contributed by atoms with Crippen molar-refractivity contribution in [2.24, 2.45) is 26.6 Å². The Morgan fingerprint density at radius 2 is 1.78 bits per heavy atom. The summed E-state index contributed by atoms with van der Waals surface area (Å²) < 4.78 is 39.4. The molecule has 2 aromatic rings. The first kappa shape index (κ1) is 31.0. The summed E-state index contributed by atoms with van der Waals surface area (Å²) in [6, 6.07) is 18.4. The molecule has 2 aliphatic rings. The fourth-order valence-electron chi connectivity index (χ4n) is 5.65. The average molecular weight is 604 g/mol. The van der Waals surface area contributed by atoms with Crippen molar-refractivity contribution in [2.75, 3.05) is 18.7 Å². The highest BCUT2D eigenvalue weighted by atomic mass is 35.5. The number of ether oxygens (including phenoxy) is 2. The van der Waals surface area contributed by atoms with E-state index in [0.29, 0.717) is 31.8 Å². The van der Waals surface area contributed by atoms with E-state index in [-0.39, 0.29) is 30.3 Å². The maximum Gasteiger partial charge on any atom is 0.349 e. The van der Waals surface area contributed by atoms with Gasteiger partial charge in [-0.2, -0.15) is 4.40 Å². The van der Waals surface area contributed by atoms with Gasteiger partial charge < -0.3 is 20.0 Å². The SMILES string of the molecule is CS(=O)(=O)N=CC1CC[C@](COC2CCC(c3ccccc3OCc3ccccc3)CC2)(/C(N)=N/OC(=O)CCl)C1. The molecule has 0 aliphatic heterocycles. The van der Waals surface area contributed by atoms with Crippen molar-refractivity contribution in [3.8, 4) is 5.75 Å². The molecule has 2 atom stereocenters. The molecule has 2 aromatic carbocycles. The Morgan fingerprint density at radius 1 is 1.07 bits per heavy atom. The number of para-hydroxylation sites is 1. The molecule has 0 bridgehead atoms. The molecule has 0 aromatic heterocycles. The number of halogens is 1. The number of carbonyl (C=O) groups excluding carboxylic acids is 1. The minimum atomic E-state index is -3.49. The van der Waals surface area contributed by atoms with Gasteiger partial charge in [0.05, 0.1) is 24.4 Å². The lowest BCUT2D eigenvalue weighted by atomic mass is 9.81. The van der Waals surface area contributed by atoms with Gasteiger partial charge in [0.25, 0.3) is 0 Å². The molecule has 2 fully saturated rings. The van der Waals surface area contributed by atoms with E-state index >= 15 is 0 Å². The minimum Gasteiger partial charge on any atom is -0.489 e. The van der Waals surface area contributed by atoms with E-state index in [1.165, 1.54) is 11.8 Å². The number of carbonyl (C=O) groups is 1. The topological polar surface area (TPSA) is 130 Å². The van der Waals surface area contributed by atoms with Crippen molar-refractivity contribution in [1.29, 1.82) is 0 Å². The Balaban J connectivity index is 1.37. The van der Waals surface area contributed by atoms with Gasteiger partial charge >= 0.3 is 5.97 Å². The third kappa shape index (κ3) is 9.02. The van der Waals surface area contributed by atoms with E-state index in [4.69, 9.17) is 31.6 Å². The number of hydrogen-bond acceptors (Lipinski definition) is 7. The number of alkyl halides is 1. The van der Waals surface area contributed by atoms with E-state index in [2.05, 4.69) is 33.8 Å². The summed E-state index contributed by atoms with van der Waals surface area (Å²) >= 11 is 5.52. The zero-order chi connectivity index (χ0) is 29.3. The molecule has 0 amide bonds. The molecule has 41 heavy (non-hydrogen) atoms. The molecule has 0 heterocycles. The van der Waals surface area contributed by atoms with Gasteiger partial charge in [0.15, 0.2) is 0 Å². The number of nitrogens with two attached hydrogens (primary N) is 1. The average Bonchev–Trinajstić information content (AvgIpc) is 3.42. The normalized spacial score (nSPS) is 25.3. The fourth-order valence-corrected chi connectivity index (χ4v) is 6.09. The van der Waals surface area contributed by atoms with Crippen molar-refractivity contribution in [3.05, 3.63) is 65.7 Å². The van der Waals surface area contributed by atoms with Crippen molar-refractivity contribution < 1.29 is 27.5 Å². The maximum atomic E-state index is 11.6. The molecule has 0 radical (unpaired) electrons. The zero-order valence-corrected chi connectivity index (χ0v) is 24.9. The van der Waals surface area contributed by atoms with Gasteiger partial charge in [-0.05, 0) is 74.0 Å². The number of amidine groups is 1. The fraction of sp³-hybridized carbons (Fsp3) is 0.500. The Hall–Kier alpha value is -2.95. The van der Waals surface area contributed by atoms with Gasteiger partial charge in [0, 0.05) is 6.21 Å². The van der Waals surface area contributed by atoms with E-state index in [1.54, 1.807) is 0 Å². The van der Waals surface area contributed by atoms with Crippen LogP contribution in [0.5, 0.6) is 5.75 Å².